The lowest BCUT2D eigenvalue weighted by Gasteiger charge is -2.20. The van der Waals surface area contributed by atoms with E-state index in [0.717, 1.165) is 101 Å². The number of nitrogens with zero attached hydrogens (tertiary/aromatic N) is 9. The first kappa shape index (κ1) is 101. The van der Waals surface area contributed by atoms with E-state index in [9.17, 15) is 35.5 Å². The first-order chi connectivity index (χ1) is 63.7. The largest absolute Gasteiger partial charge is 0.508 e. The molecule has 9 heterocycles. The average molecular weight is 1890 g/mol. The smallest absolute Gasteiger partial charge is 0.407 e. The molecule has 0 spiro atoms. The number of rotatable bonds is 25. The van der Waals surface area contributed by atoms with E-state index in [0.29, 0.717) is 124 Å². The SMILES string of the molecule is COc1ccc2nc(Cl)oc2c1.COc1ccc2nc(NCc3cc(C)nc(C)c3)oc2c1.Cc1cc(CNc2nc3ccc(O)cc3o2)cc(C)n1.Cc1cc(CNc2nc3ccc(OC/C(=C\F)CN)cc3o2)cc(C)n1.Cc1cc(CNc2nc3ccc(OC/C(=C\F)CNC(=O)OC(C)(C)C)cc3o2)cc(C)n1.Cc1ccc(S(=O)(=O)O)cc1.Cc1ccc(S(=O)(=O)O)cc1. The van der Waals surface area contributed by atoms with Crippen LogP contribution in [0.3, 0.4) is 0 Å². The first-order valence-electron chi connectivity index (χ1n) is 41.5. The molecule has 16 aromatic rings. The van der Waals surface area contributed by atoms with E-state index in [4.69, 9.17) is 72.2 Å². The van der Waals surface area contributed by atoms with Gasteiger partial charge in [-0.05, 0) is 257 Å². The number of aromatic hydroxyl groups is 1. The fourth-order valence-corrected chi connectivity index (χ4v) is 13.7. The van der Waals surface area contributed by atoms with E-state index in [1.54, 1.807) is 132 Å². The number of alkyl carbamates (subject to hydrolysis) is 1. The van der Waals surface area contributed by atoms with Gasteiger partial charge in [-0.2, -0.15) is 41.8 Å². The Kier molecular flexibility index (Phi) is 35.9. The number of benzene rings is 7. The Labute approximate surface area is 777 Å². The molecule has 0 aliphatic heterocycles. The number of fused-ring (bicyclic) bond motifs is 5. The molecule has 33 nitrogen and oxygen atoms in total. The summed E-state index contributed by atoms with van der Waals surface area (Å²) in [7, 11) is -4.81. The molecule has 704 valence electrons. The molecule has 1 amide bonds. The van der Waals surface area contributed by atoms with Crippen molar-refractivity contribution in [3.8, 4) is 28.7 Å². The normalized spacial score (nSPS) is 11.4. The fourth-order valence-electron chi connectivity index (χ4n) is 12.6. The molecule has 9 aromatic heterocycles. The Balaban J connectivity index is 0.000000167. The number of aryl methyl sites for hydroxylation is 10. The number of halogens is 3. The number of carbonyl (C=O) groups is 1. The van der Waals surface area contributed by atoms with Gasteiger partial charge in [0.2, 0.25) is 0 Å². The van der Waals surface area contributed by atoms with Crippen molar-refractivity contribution in [3.05, 3.63) is 296 Å². The molecule has 38 heteroatoms. The number of hydrogen-bond acceptors (Lipinski definition) is 30. The van der Waals surface area contributed by atoms with Gasteiger partial charge in [0.15, 0.2) is 27.9 Å². The van der Waals surface area contributed by atoms with Gasteiger partial charge < -0.3 is 83.2 Å². The number of amides is 1. The number of hydrogen-bond donors (Lipinski definition) is 9. The molecule has 0 fully saturated rings. The van der Waals surface area contributed by atoms with Gasteiger partial charge in [0, 0.05) is 126 Å². The van der Waals surface area contributed by atoms with Crippen molar-refractivity contribution in [3.63, 3.8) is 0 Å². The van der Waals surface area contributed by atoms with Crippen LogP contribution >= 0.6 is 11.6 Å². The third kappa shape index (κ3) is 32.7. The number of pyridine rings is 4. The molecule has 0 bridgehead atoms. The van der Waals surface area contributed by atoms with Gasteiger partial charge in [0.25, 0.3) is 49.6 Å². The minimum absolute atomic E-state index is 0.0298. The highest BCUT2D eigenvalue weighted by Gasteiger charge is 2.19. The van der Waals surface area contributed by atoms with Crippen LogP contribution in [-0.2, 0) is 51.2 Å². The summed E-state index contributed by atoms with van der Waals surface area (Å²) >= 11 is 5.56. The lowest BCUT2D eigenvalue weighted by molar-refractivity contribution is 0.0531. The van der Waals surface area contributed by atoms with Crippen LogP contribution in [0.25, 0.3) is 55.5 Å². The van der Waals surface area contributed by atoms with Gasteiger partial charge >= 0.3 is 6.09 Å². The summed E-state index contributed by atoms with van der Waals surface area (Å²) in [4.78, 5) is 50.5. The molecular weight excluding hydrogens is 1790 g/mol. The van der Waals surface area contributed by atoms with E-state index in [1.807, 2.05) is 136 Å². The number of methoxy groups -OCH3 is 2. The zero-order valence-electron chi connectivity index (χ0n) is 76.2. The third-order valence-electron chi connectivity index (χ3n) is 18.5. The second-order valence-electron chi connectivity index (χ2n) is 31.3. The molecule has 0 aliphatic carbocycles. The van der Waals surface area contributed by atoms with Crippen LogP contribution in [0.15, 0.2) is 244 Å². The minimum atomic E-state index is -4.02. The van der Waals surface area contributed by atoms with Crippen LogP contribution in [0.4, 0.5) is 37.6 Å². The van der Waals surface area contributed by atoms with E-state index < -0.39 is 31.9 Å². The predicted molar refractivity (Wildman–Crippen MR) is 509 cm³/mol. The van der Waals surface area contributed by atoms with Crippen LogP contribution in [0.1, 0.15) is 99.7 Å². The maximum absolute atomic E-state index is 13.2. The van der Waals surface area contributed by atoms with Crippen LogP contribution in [0.2, 0.25) is 5.35 Å². The van der Waals surface area contributed by atoms with E-state index in [-0.39, 0.29) is 52.8 Å². The van der Waals surface area contributed by atoms with Gasteiger partial charge in [0.1, 0.15) is 75.1 Å². The molecular formula is C96H104ClF2N15O18S2. The third-order valence-corrected chi connectivity index (χ3v) is 20.4. The summed E-state index contributed by atoms with van der Waals surface area (Å²) in [5.74, 6) is 2.71. The molecule has 0 radical (unpaired) electrons. The maximum atomic E-state index is 13.2. The van der Waals surface area contributed by atoms with Crippen LogP contribution in [0.5, 0.6) is 28.7 Å². The standard InChI is InChI=1S/C24H29FN4O4.C19H21FN4O2.C16H17N3O2.C15H15N3O2.C8H6ClNO2.2C7H8O3S/c1-15-8-17(9-16(2)28-15)12-26-22-29-20-7-6-19(10-21(20)32-22)31-14-18(11-25)13-27-23(30)33-24(3,4)5;1-12-5-14(6-13(2)23-12)10-22-19-24-17-4-3-16(7-18(17)26-19)25-11-15(8-20)9-21;1-10-6-12(7-11(2)18-10)9-17-16-19-14-5-4-13(20-3)8-15(14)21-16;1-9-5-11(6-10(2)17-9)8-16-15-18-13-4-3-12(19)7-14(13)20-15;1-11-5-2-3-6-7(4-5)12-8(9)10-6;2*1-6-2-4-7(5-3-6)11(8,9)10/h6-11H,12-14H2,1-5H3,(H,26,29)(H,27,30);3-8H,9-11,21H2,1-2H3,(H,22,24);4-8H,9H2,1-3H3,(H,17,19);3-7,19H,8H2,1-2H3,(H,16,18);2-4H,1H3;2*2-5H,1H3,(H,8,9,10)/b18-11-;15-8-;;;;;. The summed E-state index contributed by atoms with van der Waals surface area (Å²) in [6, 6.07) is 56.1. The molecule has 134 heavy (non-hydrogen) atoms. The van der Waals surface area contributed by atoms with Crippen molar-refractivity contribution < 1.29 is 90.4 Å². The molecule has 0 saturated carbocycles. The van der Waals surface area contributed by atoms with Gasteiger partial charge in [-0.25, -0.2) is 13.6 Å². The first-order valence-corrected chi connectivity index (χ1v) is 44.7. The number of nitrogens with one attached hydrogen (secondary N) is 5. The zero-order valence-corrected chi connectivity index (χ0v) is 78.6. The number of anilines is 4. The lowest BCUT2D eigenvalue weighted by atomic mass is 10.2. The van der Waals surface area contributed by atoms with E-state index >= 15 is 0 Å². The molecule has 0 atom stereocenters. The summed E-state index contributed by atoms with van der Waals surface area (Å²) in [6.45, 7) is 27.2. The number of nitrogens with two attached hydrogens (primary N) is 1. The summed E-state index contributed by atoms with van der Waals surface area (Å²) < 4.78 is 139. The Morgan fingerprint density at radius 2 is 0.701 bits per heavy atom. The fraction of sp³-hybridized carbons (Fsp3) is 0.250. The van der Waals surface area contributed by atoms with Crippen LogP contribution in [-0.4, -0.2) is 128 Å². The zero-order chi connectivity index (χ0) is 97.0. The Hall–Kier alpha value is -14.6. The molecule has 0 aliphatic rings. The van der Waals surface area contributed by atoms with E-state index in [2.05, 4.69) is 71.4 Å². The number of phenolic OH excluding ortho intramolecular Hbond substituents is 1. The minimum Gasteiger partial charge on any atom is -0.508 e. The second-order valence-corrected chi connectivity index (χ2v) is 34.5. The number of phenols is 1. The average Bonchev–Trinajstić information content (AvgIpc) is 1.69. The van der Waals surface area contributed by atoms with Crippen LogP contribution < -0.4 is 51.3 Å². The number of carbonyl (C=O) groups excluding carboxylic acids is 1. The van der Waals surface area contributed by atoms with E-state index in [1.165, 1.54) is 24.3 Å². The molecule has 7 aromatic carbocycles. The molecule has 16 rings (SSSR count). The Morgan fingerprint density at radius 1 is 0.410 bits per heavy atom. The van der Waals surface area contributed by atoms with Crippen molar-refractivity contribution in [2.45, 2.75) is 132 Å². The second kappa shape index (κ2) is 47.5. The highest BCUT2D eigenvalue weighted by molar-refractivity contribution is 7.86. The predicted octanol–water partition coefficient (Wildman–Crippen LogP) is 20.4. The van der Waals surface area contributed by atoms with Crippen molar-refractivity contribution in [2.24, 2.45) is 5.73 Å². The summed E-state index contributed by atoms with van der Waals surface area (Å²) in [5.41, 5.74) is 26.3. The summed E-state index contributed by atoms with van der Waals surface area (Å²) in [6.07, 6.45) is 0.258. The lowest BCUT2D eigenvalue weighted by Crippen LogP contribution is -2.34. The molecule has 0 saturated heterocycles. The highest BCUT2D eigenvalue weighted by Crippen LogP contribution is 2.31. The molecule has 0 unspecified atom stereocenters. The van der Waals surface area contributed by atoms with Gasteiger partial charge in [-0.1, -0.05) is 35.4 Å². The Morgan fingerprint density at radius 3 is 1.01 bits per heavy atom. The van der Waals surface area contributed by atoms with Gasteiger partial charge in [-0.3, -0.25) is 29.0 Å². The van der Waals surface area contributed by atoms with Crippen molar-refractivity contribution >= 4 is 117 Å². The van der Waals surface area contributed by atoms with Gasteiger partial charge in [0.05, 0.1) is 36.7 Å². The monoisotopic (exact) mass is 1890 g/mol. The highest BCUT2D eigenvalue weighted by atomic mass is 35.5. The van der Waals surface area contributed by atoms with Gasteiger partial charge in [-0.15, -0.1) is 0 Å². The van der Waals surface area contributed by atoms with Crippen molar-refractivity contribution in [1.82, 2.24) is 50.2 Å². The number of aromatic nitrogens is 9. The number of ether oxygens (including phenoxy) is 5. The van der Waals surface area contributed by atoms with Crippen molar-refractivity contribution in [2.75, 3.05) is 61.8 Å². The van der Waals surface area contributed by atoms with Crippen molar-refractivity contribution in [1.29, 1.82) is 0 Å². The quantitative estimate of drug-likeness (QED) is 0.0240. The topological polar surface area (TPSA) is 460 Å². The molecule has 10 N–H and O–H groups in total. The summed E-state index contributed by atoms with van der Waals surface area (Å²) in [5, 5.41) is 24.7. The number of oxazole rings is 5. The Bertz CT molecular complexity index is 6830. The maximum Gasteiger partial charge on any atom is 0.407 e. The van der Waals surface area contributed by atoms with Crippen LogP contribution in [0, 0.1) is 69.2 Å².